The van der Waals surface area contributed by atoms with Crippen molar-refractivity contribution >= 4 is 42.4 Å². The van der Waals surface area contributed by atoms with Crippen LogP contribution in [-0.4, -0.2) is 29.4 Å². The molecule has 0 aliphatic rings. The van der Waals surface area contributed by atoms with E-state index in [9.17, 15) is 10.1 Å². The SMILES string of the molecule is C=C(c1cccc([N+](=O)[O-])c1)c1ccc2c(C=Cc3ccccc3)nn(COCC[Si](C)(C)C)c2c1. The molecule has 0 saturated carbocycles. The van der Waals surface area contributed by atoms with Crippen molar-refractivity contribution in [3.05, 3.63) is 112 Å². The second kappa shape index (κ2) is 10.8. The fourth-order valence-electron chi connectivity index (χ4n) is 3.85. The third-order valence-corrected chi connectivity index (χ3v) is 7.68. The summed E-state index contributed by atoms with van der Waals surface area (Å²) in [5.74, 6) is 0. The molecule has 0 saturated heterocycles. The molecular weight excluding hydrogens is 466 g/mol. The summed E-state index contributed by atoms with van der Waals surface area (Å²) in [5, 5.41) is 17.1. The third-order valence-electron chi connectivity index (χ3n) is 5.98. The topological polar surface area (TPSA) is 70.2 Å². The van der Waals surface area contributed by atoms with Gasteiger partial charge in [-0.1, -0.05) is 80.8 Å². The molecule has 0 bridgehead atoms. The molecule has 7 heteroatoms. The van der Waals surface area contributed by atoms with Gasteiger partial charge in [0.25, 0.3) is 5.69 Å². The molecule has 184 valence electrons. The van der Waals surface area contributed by atoms with Gasteiger partial charge in [0.15, 0.2) is 0 Å². The van der Waals surface area contributed by atoms with Gasteiger partial charge in [-0.05, 0) is 46.5 Å². The molecule has 1 aromatic heterocycles. The summed E-state index contributed by atoms with van der Waals surface area (Å²) in [6.45, 7) is 12.3. The zero-order valence-corrected chi connectivity index (χ0v) is 22.0. The Morgan fingerprint density at radius 3 is 2.50 bits per heavy atom. The second-order valence-electron chi connectivity index (χ2n) is 9.99. The smallest absolute Gasteiger partial charge is 0.270 e. The number of nitro benzene ring substituents is 1. The van der Waals surface area contributed by atoms with Crippen LogP contribution in [0, 0.1) is 10.1 Å². The van der Waals surface area contributed by atoms with Gasteiger partial charge in [-0.25, -0.2) is 4.68 Å². The Morgan fingerprint density at radius 2 is 1.78 bits per heavy atom. The summed E-state index contributed by atoms with van der Waals surface area (Å²) >= 11 is 0. The number of nitro groups is 1. The Kier molecular flexibility index (Phi) is 7.62. The fourth-order valence-corrected chi connectivity index (χ4v) is 4.61. The highest BCUT2D eigenvalue weighted by Gasteiger charge is 2.15. The predicted molar refractivity (Wildman–Crippen MR) is 150 cm³/mol. The highest BCUT2D eigenvalue weighted by atomic mass is 28.3. The van der Waals surface area contributed by atoms with E-state index in [1.807, 2.05) is 59.3 Å². The summed E-state index contributed by atoms with van der Waals surface area (Å²) in [7, 11) is -1.19. The van der Waals surface area contributed by atoms with Crippen molar-refractivity contribution in [2.75, 3.05) is 6.61 Å². The molecule has 6 nitrogen and oxygen atoms in total. The molecule has 4 rings (SSSR count). The van der Waals surface area contributed by atoms with E-state index in [1.165, 1.54) is 6.07 Å². The lowest BCUT2D eigenvalue weighted by Crippen LogP contribution is -2.22. The van der Waals surface area contributed by atoms with E-state index in [4.69, 9.17) is 9.84 Å². The van der Waals surface area contributed by atoms with Crippen molar-refractivity contribution in [1.82, 2.24) is 9.78 Å². The fraction of sp³-hybridized carbons (Fsp3) is 0.207. The Labute approximate surface area is 212 Å². The summed E-state index contributed by atoms with van der Waals surface area (Å²) < 4.78 is 7.90. The van der Waals surface area contributed by atoms with E-state index in [0.29, 0.717) is 18.9 Å². The van der Waals surface area contributed by atoms with Crippen LogP contribution < -0.4 is 0 Å². The number of aromatic nitrogens is 2. The van der Waals surface area contributed by atoms with Crippen LogP contribution in [0.5, 0.6) is 0 Å². The lowest BCUT2D eigenvalue weighted by molar-refractivity contribution is -0.384. The van der Waals surface area contributed by atoms with E-state index < -0.39 is 13.0 Å². The van der Waals surface area contributed by atoms with Crippen LogP contribution in [0.25, 0.3) is 28.6 Å². The molecule has 0 fully saturated rings. The standard InChI is InChI=1S/C29H31N3O3Si/c1-22(24-11-8-12-26(19-24)32(33)34)25-14-15-27-28(16-13-23-9-6-5-7-10-23)30-31(29(27)20-25)21-35-17-18-36(2,3)4/h5-16,19-20H,1,17-18,21H2,2-4H3. The molecule has 4 aromatic rings. The molecule has 0 amide bonds. The molecule has 0 aliphatic carbocycles. The molecule has 36 heavy (non-hydrogen) atoms. The number of hydrogen-bond donors (Lipinski definition) is 0. The summed E-state index contributed by atoms with van der Waals surface area (Å²) in [5.41, 5.74) is 5.24. The number of fused-ring (bicyclic) bond motifs is 1. The van der Waals surface area contributed by atoms with Crippen LogP contribution in [0.1, 0.15) is 22.4 Å². The Morgan fingerprint density at radius 1 is 1.03 bits per heavy atom. The molecule has 1 heterocycles. The summed E-state index contributed by atoms with van der Waals surface area (Å²) in [4.78, 5) is 10.8. The van der Waals surface area contributed by atoms with Crippen molar-refractivity contribution in [3.8, 4) is 0 Å². The van der Waals surface area contributed by atoms with Crippen LogP contribution in [0.15, 0.2) is 79.4 Å². The predicted octanol–water partition coefficient (Wildman–Crippen LogP) is 7.49. The highest BCUT2D eigenvalue weighted by molar-refractivity contribution is 6.76. The number of ether oxygens (including phenoxy) is 1. The quantitative estimate of drug-likeness (QED) is 0.0985. The molecule has 0 atom stereocenters. The van der Waals surface area contributed by atoms with Crippen LogP contribution in [0.4, 0.5) is 5.69 Å². The van der Waals surface area contributed by atoms with Gasteiger partial charge in [-0.3, -0.25) is 10.1 Å². The van der Waals surface area contributed by atoms with Crippen LogP contribution in [0.3, 0.4) is 0 Å². The van der Waals surface area contributed by atoms with Crippen molar-refractivity contribution in [2.45, 2.75) is 32.4 Å². The average molecular weight is 498 g/mol. The van der Waals surface area contributed by atoms with Gasteiger partial charge in [0.2, 0.25) is 0 Å². The molecule has 0 N–H and O–H groups in total. The lowest BCUT2D eigenvalue weighted by atomic mass is 9.98. The van der Waals surface area contributed by atoms with E-state index in [-0.39, 0.29) is 5.69 Å². The first kappa shape index (κ1) is 25.3. The number of non-ortho nitro benzene ring substituents is 1. The average Bonchev–Trinajstić information content (AvgIpc) is 3.22. The Bertz CT molecular complexity index is 1420. The molecular formula is C29H31N3O3Si. The van der Waals surface area contributed by atoms with Gasteiger partial charge in [-0.2, -0.15) is 5.10 Å². The van der Waals surface area contributed by atoms with Crippen molar-refractivity contribution < 1.29 is 9.66 Å². The molecule has 0 aliphatic heterocycles. The van der Waals surface area contributed by atoms with Gasteiger partial charge in [0.05, 0.1) is 16.1 Å². The second-order valence-corrected chi connectivity index (χ2v) is 15.6. The van der Waals surface area contributed by atoms with E-state index >= 15 is 0 Å². The highest BCUT2D eigenvalue weighted by Crippen LogP contribution is 2.29. The van der Waals surface area contributed by atoms with Gasteiger partial charge in [0.1, 0.15) is 6.73 Å². The minimum Gasteiger partial charge on any atom is -0.360 e. The zero-order chi connectivity index (χ0) is 25.7. The number of benzene rings is 3. The minimum atomic E-state index is -1.19. The summed E-state index contributed by atoms with van der Waals surface area (Å²) in [6, 6.07) is 23.8. The maximum absolute atomic E-state index is 11.2. The van der Waals surface area contributed by atoms with E-state index in [0.717, 1.165) is 39.3 Å². The number of rotatable bonds is 10. The normalized spacial score (nSPS) is 11.9. The zero-order valence-electron chi connectivity index (χ0n) is 21.0. The van der Waals surface area contributed by atoms with Gasteiger partial charge in [-0.15, -0.1) is 0 Å². The largest absolute Gasteiger partial charge is 0.360 e. The first-order chi connectivity index (χ1) is 17.2. The van der Waals surface area contributed by atoms with Crippen LogP contribution in [0.2, 0.25) is 25.7 Å². The molecule has 0 unspecified atom stereocenters. The van der Waals surface area contributed by atoms with Crippen LogP contribution in [-0.2, 0) is 11.5 Å². The lowest BCUT2D eigenvalue weighted by Gasteiger charge is -2.15. The molecule has 0 spiro atoms. The van der Waals surface area contributed by atoms with Gasteiger partial charge >= 0.3 is 0 Å². The van der Waals surface area contributed by atoms with Crippen LogP contribution >= 0.6 is 0 Å². The number of hydrogen-bond acceptors (Lipinski definition) is 4. The molecule has 3 aromatic carbocycles. The first-order valence-electron chi connectivity index (χ1n) is 12.0. The van der Waals surface area contributed by atoms with Gasteiger partial charge in [0, 0.05) is 32.2 Å². The van der Waals surface area contributed by atoms with E-state index in [1.54, 1.807) is 12.1 Å². The van der Waals surface area contributed by atoms with Crippen molar-refractivity contribution in [1.29, 1.82) is 0 Å². The monoisotopic (exact) mass is 497 g/mol. The Hall–Kier alpha value is -3.81. The van der Waals surface area contributed by atoms with E-state index in [2.05, 4.69) is 38.4 Å². The maximum Gasteiger partial charge on any atom is 0.270 e. The van der Waals surface area contributed by atoms with Crippen molar-refractivity contribution in [3.63, 3.8) is 0 Å². The third kappa shape index (κ3) is 6.24. The summed E-state index contributed by atoms with van der Waals surface area (Å²) in [6.07, 6.45) is 4.07. The Balaban J connectivity index is 1.68. The van der Waals surface area contributed by atoms with Gasteiger partial charge < -0.3 is 4.74 Å². The maximum atomic E-state index is 11.2. The minimum absolute atomic E-state index is 0.0453. The molecule has 0 radical (unpaired) electrons. The first-order valence-corrected chi connectivity index (χ1v) is 15.7. The number of nitrogens with zero attached hydrogens (tertiary/aromatic N) is 3. The van der Waals surface area contributed by atoms with Crippen molar-refractivity contribution in [2.24, 2.45) is 0 Å².